The van der Waals surface area contributed by atoms with Gasteiger partial charge in [0.05, 0.1) is 11.2 Å². The minimum absolute atomic E-state index is 0.0465. The van der Waals surface area contributed by atoms with E-state index in [9.17, 15) is 9.50 Å². The van der Waals surface area contributed by atoms with Crippen LogP contribution in [0.5, 0.6) is 0 Å². The molecule has 0 heterocycles. The zero-order chi connectivity index (χ0) is 13.6. The fourth-order valence-corrected chi connectivity index (χ4v) is 2.36. The van der Waals surface area contributed by atoms with Crippen molar-refractivity contribution in [2.75, 3.05) is 18.6 Å². The SMILES string of the molecule is CSCC(C)(O)CNCc1cccc(C#N)c1F. The molecule has 0 amide bonds. The van der Waals surface area contributed by atoms with Crippen molar-refractivity contribution < 1.29 is 9.50 Å². The molecule has 0 fully saturated rings. The number of nitrogens with one attached hydrogen (secondary N) is 1. The van der Waals surface area contributed by atoms with E-state index in [0.717, 1.165) is 0 Å². The van der Waals surface area contributed by atoms with Gasteiger partial charge >= 0.3 is 0 Å². The molecule has 1 aromatic carbocycles. The van der Waals surface area contributed by atoms with Crippen molar-refractivity contribution in [2.45, 2.75) is 19.1 Å². The third-order valence-corrected chi connectivity index (χ3v) is 3.39. The second-order valence-electron chi connectivity index (χ2n) is 4.42. The summed E-state index contributed by atoms with van der Waals surface area (Å²) in [5.74, 6) is 0.123. The van der Waals surface area contributed by atoms with Crippen LogP contribution in [0.2, 0.25) is 0 Å². The van der Waals surface area contributed by atoms with E-state index in [2.05, 4.69) is 5.32 Å². The number of nitrogens with zero attached hydrogens (tertiary/aromatic N) is 1. The topological polar surface area (TPSA) is 56.0 Å². The molecule has 0 bridgehead atoms. The van der Waals surface area contributed by atoms with Crippen molar-refractivity contribution in [3.63, 3.8) is 0 Å². The van der Waals surface area contributed by atoms with Crippen LogP contribution in [0.1, 0.15) is 18.1 Å². The van der Waals surface area contributed by atoms with Crippen molar-refractivity contribution in [1.29, 1.82) is 5.26 Å². The molecular weight excluding hydrogens is 251 g/mol. The third-order valence-electron chi connectivity index (χ3n) is 2.48. The van der Waals surface area contributed by atoms with Crippen LogP contribution in [0.15, 0.2) is 18.2 Å². The summed E-state index contributed by atoms with van der Waals surface area (Å²) < 4.78 is 13.7. The molecule has 18 heavy (non-hydrogen) atoms. The highest BCUT2D eigenvalue weighted by atomic mass is 32.2. The molecule has 1 atom stereocenters. The van der Waals surface area contributed by atoms with Gasteiger partial charge in [-0.15, -0.1) is 0 Å². The third kappa shape index (κ3) is 4.30. The van der Waals surface area contributed by atoms with E-state index in [1.165, 1.54) is 6.07 Å². The molecule has 0 aromatic heterocycles. The highest BCUT2D eigenvalue weighted by molar-refractivity contribution is 7.98. The lowest BCUT2D eigenvalue weighted by Crippen LogP contribution is -2.39. The number of halogens is 1. The van der Waals surface area contributed by atoms with Gasteiger partial charge in [0, 0.05) is 24.4 Å². The summed E-state index contributed by atoms with van der Waals surface area (Å²) in [6.07, 6.45) is 1.92. The molecule has 0 spiro atoms. The lowest BCUT2D eigenvalue weighted by molar-refractivity contribution is 0.0845. The summed E-state index contributed by atoms with van der Waals surface area (Å²) in [6.45, 7) is 2.41. The summed E-state index contributed by atoms with van der Waals surface area (Å²) in [5.41, 5.74) is -0.331. The summed E-state index contributed by atoms with van der Waals surface area (Å²) in [6, 6.07) is 6.54. The molecule has 0 aliphatic rings. The van der Waals surface area contributed by atoms with Crippen LogP contribution in [-0.4, -0.2) is 29.3 Å². The van der Waals surface area contributed by atoms with Gasteiger partial charge in [0.2, 0.25) is 0 Å². The standard InChI is InChI=1S/C13H17FN2OS/c1-13(17,9-18-2)8-16-7-11-5-3-4-10(6-15)12(11)14/h3-5,16-17H,7-9H2,1-2H3. The maximum Gasteiger partial charge on any atom is 0.145 e. The zero-order valence-corrected chi connectivity index (χ0v) is 11.4. The fourth-order valence-electron chi connectivity index (χ4n) is 1.63. The Balaban J connectivity index is 2.57. The van der Waals surface area contributed by atoms with Crippen molar-refractivity contribution >= 4 is 11.8 Å². The molecule has 0 saturated carbocycles. The van der Waals surface area contributed by atoms with Gasteiger partial charge in [0.1, 0.15) is 11.9 Å². The first-order chi connectivity index (χ1) is 8.50. The average molecular weight is 268 g/mol. The van der Waals surface area contributed by atoms with Crippen LogP contribution in [0, 0.1) is 17.1 Å². The van der Waals surface area contributed by atoms with Gasteiger partial charge in [0.25, 0.3) is 0 Å². The van der Waals surface area contributed by atoms with Gasteiger partial charge < -0.3 is 10.4 Å². The molecular formula is C13H17FN2OS. The van der Waals surface area contributed by atoms with Gasteiger partial charge in [-0.25, -0.2) is 4.39 Å². The Morgan fingerprint density at radius 3 is 2.89 bits per heavy atom. The smallest absolute Gasteiger partial charge is 0.145 e. The van der Waals surface area contributed by atoms with E-state index in [4.69, 9.17) is 5.26 Å². The molecule has 1 aromatic rings. The van der Waals surface area contributed by atoms with E-state index in [0.29, 0.717) is 24.4 Å². The van der Waals surface area contributed by atoms with Crippen LogP contribution in [-0.2, 0) is 6.54 Å². The van der Waals surface area contributed by atoms with Gasteiger partial charge in [-0.2, -0.15) is 17.0 Å². The van der Waals surface area contributed by atoms with Crippen LogP contribution in [0.4, 0.5) is 4.39 Å². The van der Waals surface area contributed by atoms with Crippen molar-refractivity contribution in [3.05, 3.63) is 35.1 Å². The lowest BCUT2D eigenvalue weighted by Gasteiger charge is -2.22. The van der Waals surface area contributed by atoms with Gasteiger partial charge in [-0.1, -0.05) is 12.1 Å². The molecule has 2 N–H and O–H groups in total. The summed E-state index contributed by atoms with van der Waals surface area (Å²) in [7, 11) is 0. The number of nitriles is 1. The van der Waals surface area contributed by atoms with Crippen molar-refractivity contribution in [2.24, 2.45) is 0 Å². The second-order valence-corrected chi connectivity index (χ2v) is 5.29. The number of rotatable bonds is 6. The minimum Gasteiger partial charge on any atom is -0.388 e. The number of benzene rings is 1. The highest BCUT2D eigenvalue weighted by Crippen LogP contribution is 2.13. The molecule has 98 valence electrons. The Labute approximate surface area is 111 Å². The molecule has 0 radical (unpaired) electrons. The van der Waals surface area contributed by atoms with E-state index < -0.39 is 11.4 Å². The molecule has 0 aliphatic carbocycles. The Kier molecular flexibility index (Phi) is 5.60. The highest BCUT2D eigenvalue weighted by Gasteiger charge is 2.19. The summed E-state index contributed by atoms with van der Waals surface area (Å²) >= 11 is 1.56. The first kappa shape index (κ1) is 15.0. The van der Waals surface area contributed by atoms with Crippen molar-refractivity contribution in [1.82, 2.24) is 5.32 Å². The van der Waals surface area contributed by atoms with E-state index in [1.807, 2.05) is 12.3 Å². The number of hydrogen-bond acceptors (Lipinski definition) is 4. The van der Waals surface area contributed by atoms with Gasteiger partial charge in [0.15, 0.2) is 0 Å². The molecule has 5 heteroatoms. The predicted octanol–water partition coefficient (Wildman–Crippen LogP) is 1.90. The zero-order valence-electron chi connectivity index (χ0n) is 10.5. The van der Waals surface area contributed by atoms with E-state index in [1.54, 1.807) is 30.8 Å². The maximum absolute atomic E-state index is 13.7. The average Bonchev–Trinajstić information content (AvgIpc) is 2.31. The van der Waals surface area contributed by atoms with Crippen LogP contribution < -0.4 is 5.32 Å². The normalized spacial score (nSPS) is 13.9. The molecule has 0 saturated heterocycles. The fraction of sp³-hybridized carbons (Fsp3) is 0.462. The Bertz CT molecular complexity index is 443. The van der Waals surface area contributed by atoms with Crippen LogP contribution in [0.25, 0.3) is 0 Å². The maximum atomic E-state index is 13.7. The molecule has 1 rings (SSSR count). The van der Waals surface area contributed by atoms with E-state index in [-0.39, 0.29) is 5.56 Å². The Hall–Kier alpha value is -1.09. The second kappa shape index (κ2) is 6.74. The number of hydrogen-bond donors (Lipinski definition) is 2. The van der Waals surface area contributed by atoms with E-state index >= 15 is 0 Å². The Morgan fingerprint density at radius 1 is 1.56 bits per heavy atom. The first-order valence-corrected chi connectivity index (χ1v) is 6.99. The molecule has 1 unspecified atom stereocenters. The summed E-state index contributed by atoms with van der Waals surface area (Å²) in [4.78, 5) is 0. The predicted molar refractivity (Wildman–Crippen MR) is 71.8 cm³/mol. The molecule has 0 aliphatic heterocycles. The van der Waals surface area contributed by atoms with Crippen molar-refractivity contribution in [3.8, 4) is 6.07 Å². The number of aliphatic hydroxyl groups is 1. The monoisotopic (exact) mass is 268 g/mol. The van der Waals surface area contributed by atoms with Crippen LogP contribution >= 0.6 is 11.8 Å². The largest absolute Gasteiger partial charge is 0.388 e. The molecule has 3 nitrogen and oxygen atoms in total. The Morgan fingerprint density at radius 2 is 2.28 bits per heavy atom. The van der Waals surface area contributed by atoms with Crippen LogP contribution in [0.3, 0.4) is 0 Å². The lowest BCUT2D eigenvalue weighted by atomic mass is 10.1. The number of thioether (sulfide) groups is 1. The van der Waals surface area contributed by atoms with Gasteiger partial charge in [-0.3, -0.25) is 0 Å². The first-order valence-electron chi connectivity index (χ1n) is 5.59. The van der Waals surface area contributed by atoms with Gasteiger partial charge in [-0.05, 0) is 19.2 Å². The minimum atomic E-state index is -0.817. The quantitative estimate of drug-likeness (QED) is 0.827. The summed E-state index contributed by atoms with van der Waals surface area (Å²) in [5, 5.41) is 21.7.